The highest BCUT2D eigenvalue weighted by Gasteiger charge is 2.30. The zero-order valence-electron chi connectivity index (χ0n) is 12.2. The molecular weight excluding hydrogens is 341 g/mol. The molecule has 0 saturated heterocycles. The van der Waals surface area contributed by atoms with E-state index in [4.69, 9.17) is 0 Å². The number of carbonyl (C=O) groups is 1. The summed E-state index contributed by atoms with van der Waals surface area (Å²) in [6.07, 6.45) is 1.48. The molecule has 23 heavy (non-hydrogen) atoms. The predicted octanol–water partition coefficient (Wildman–Crippen LogP) is 2.28. The number of aromatic nitrogens is 1. The smallest absolute Gasteiger partial charge is 0.257 e. The van der Waals surface area contributed by atoms with Crippen LogP contribution in [0.15, 0.2) is 28.5 Å². The van der Waals surface area contributed by atoms with Gasteiger partial charge in [-0.3, -0.25) is 10.1 Å². The first kappa shape index (κ1) is 16.0. The fourth-order valence-electron chi connectivity index (χ4n) is 1.92. The van der Waals surface area contributed by atoms with Gasteiger partial charge in [0.25, 0.3) is 5.91 Å². The third kappa shape index (κ3) is 3.74. The molecule has 1 amide bonds. The lowest BCUT2D eigenvalue weighted by atomic mass is 10.2. The topological polar surface area (TPSA) is 88.2 Å². The van der Waals surface area contributed by atoms with Crippen LogP contribution in [0.4, 0.5) is 9.52 Å². The molecule has 1 aromatic carbocycles. The summed E-state index contributed by atoms with van der Waals surface area (Å²) in [4.78, 5) is 15.7. The number of nitrogens with zero attached hydrogens (tertiary/aromatic N) is 1. The highest BCUT2D eigenvalue weighted by atomic mass is 32.2. The number of nitrogens with one attached hydrogen (secondary N) is 2. The number of carbonyl (C=O) groups excluding carboxylic acids is 1. The number of hydrogen-bond acceptors (Lipinski definition) is 5. The highest BCUT2D eigenvalue weighted by Crippen LogP contribution is 2.24. The van der Waals surface area contributed by atoms with Gasteiger partial charge in [-0.05, 0) is 38.0 Å². The SMILES string of the molecule is Cc1csc(NC(=O)c2ccc(F)c(S(=O)(=O)NC3CC3)c2)n1. The van der Waals surface area contributed by atoms with Gasteiger partial charge in [0, 0.05) is 17.0 Å². The van der Waals surface area contributed by atoms with E-state index in [9.17, 15) is 17.6 Å². The fraction of sp³-hybridized carbons (Fsp3) is 0.286. The Kier molecular flexibility index (Phi) is 4.17. The molecule has 1 aliphatic rings. The lowest BCUT2D eigenvalue weighted by Gasteiger charge is -2.08. The Morgan fingerprint density at radius 2 is 2.13 bits per heavy atom. The van der Waals surface area contributed by atoms with Crippen LogP contribution in [0, 0.1) is 12.7 Å². The molecule has 2 aromatic rings. The maximum Gasteiger partial charge on any atom is 0.257 e. The van der Waals surface area contributed by atoms with Gasteiger partial charge in [-0.1, -0.05) is 0 Å². The van der Waals surface area contributed by atoms with Gasteiger partial charge in [-0.15, -0.1) is 11.3 Å². The van der Waals surface area contributed by atoms with Crippen LogP contribution in [-0.4, -0.2) is 25.4 Å². The summed E-state index contributed by atoms with van der Waals surface area (Å²) in [5.41, 5.74) is 0.816. The molecule has 2 N–H and O–H groups in total. The van der Waals surface area contributed by atoms with E-state index in [0.717, 1.165) is 30.7 Å². The summed E-state index contributed by atoms with van der Waals surface area (Å²) >= 11 is 1.25. The van der Waals surface area contributed by atoms with Gasteiger partial charge >= 0.3 is 0 Å². The molecule has 9 heteroatoms. The van der Waals surface area contributed by atoms with Crippen LogP contribution >= 0.6 is 11.3 Å². The minimum absolute atomic E-state index is 0.0513. The average molecular weight is 355 g/mol. The minimum atomic E-state index is -3.97. The first-order valence-corrected chi connectivity index (χ1v) is 9.27. The standard InChI is InChI=1S/C14H14FN3O3S2/c1-8-7-22-14(16-8)17-13(19)9-2-5-11(15)12(6-9)23(20,21)18-10-3-4-10/h2,5-7,10,18H,3-4H2,1H3,(H,16,17,19). The zero-order valence-corrected chi connectivity index (χ0v) is 13.8. The molecule has 0 radical (unpaired) electrons. The van der Waals surface area contributed by atoms with Gasteiger partial charge in [-0.25, -0.2) is 22.5 Å². The maximum atomic E-state index is 13.9. The average Bonchev–Trinajstić information content (AvgIpc) is 3.19. The molecule has 0 atom stereocenters. The van der Waals surface area contributed by atoms with Crippen molar-refractivity contribution in [3.63, 3.8) is 0 Å². The van der Waals surface area contributed by atoms with Crippen molar-refractivity contribution in [1.82, 2.24) is 9.71 Å². The molecule has 0 bridgehead atoms. The van der Waals surface area contributed by atoms with Crippen LogP contribution in [-0.2, 0) is 10.0 Å². The fourth-order valence-corrected chi connectivity index (χ4v) is 4.01. The number of amides is 1. The second-order valence-corrected chi connectivity index (χ2v) is 7.83. The van der Waals surface area contributed by atoms with Crippen molar-refractivity contribution < 1.29 is 17.6 Å². The summed E-state index contributed by atoms with van der Waals surface area (Å²) < 4.78 is 40.6. The van der Waals surface area contributed by atoms with E-state index in [1.165, 1.54) is 17.4 Å². The van der Waals surface area contributed by atoms with Gasteiger partial charge in [0.05, 0.1) is 5.69 Å². The number of benzene rings is 1. The number of aryl methyl sites for hydroxylation is 1. The summed E-state index contributed by atoms with van der Waals surface area (Å²) in [7, 11) is -3.97. The second-order valence-electron chi connectivity index (χ2n) is 5.29. The zero-order chi connectivity index (χ0) is 16.6. The number of anilines is 1. The lowest BCUT2D eigenvalue weighted by Crippen LogP contribution is -2.27. The van der Waals surface area contributed by atoms with E-state index in [2.05, 4.69) is 15.0 Å². The van der Waals surface area contributed by atoms with E-state index >= 15 is 0 Å². The molecule has 0 aliphatic heterocycles. The summed E-state index contributed by atoms with van der Waals surface area (Å²) in [5, 5.41) is 4.73. The van der Waals surface area contributed by atoms with E-state index in [0.29, 0.717) is 5.13 Å². The lowest BCUT2D eigenvalue weighted by molar-refractivity contribution is 0.102. The van der Waals surface area contributed by atoms with Crippen LogP contribution < -0.4 is 10.0 Å². The molecule has 0 unspecified atom stereocenters. The van der Waals surface area contributed by atoms with Crippen LogP contribution in [0.3, 0.4) is 0 Å². The van der Waals surface area contributed by atoms with E-state index < -0.39 is 26.6 Å². The number of rotatable bonds is 5. The first-order chi connectivity index (χ1) is 10.8. The number of thiazole rings is 1. The number of sulfonamides is 1. The molecule has 122 valence electrons. The van der Waals surface area contributed by atoms with Gasteiger partial charge in [0.2, 0.25) is 10.0 Å². The van der Waals surface area contributed by atoms with Crippen molar-refractivity contribution >= 4 is 32.4 Å². The monoisotopic (exact) mass is 355 g/mol. The van der Waals surface area contributed by atoms with Gasteiger partial charge in [0.15, 0.2) is 5.13 Å². The predicted molar refractivity (Wildman–Crippen MR) is 84.5 cm³/mol. The molecule has 1 fully saturated rings. The Morgan fingerprint density at radius 1 is 1.39 bits per heavy atom. The minimum Gasteiger partial charge on any atom is -0.298 e. The van der Waals surface area contributed by atoms with Crippen LogP contribution in [0.2, 0.25) is 0 Å². The molecule has 1 aromatic heterocycles. The summed E-state index contributed by atoms with van der Waals surface area (Å²) in [6.45, 7) is 1.79. The molecule has 3 rings (SSSR count). The molecule has 6 nitrogen and oxygen atoms in total. The molecular formula is C14H14FN3O3S2. The number of hydrogen-bond donors (Lipinski definition) is 2. The molecule has 1 heterocycles. The van der Waals surface area contributed by atoms with Gasteiger partial charge in [0.1, 0.15) is 10.7 Å². The van der Waals surface area contributed by atoms with Crippen molar-refractivity contribution in [2.75, 3.05) is 5.32 Å². The Bertz CT molecular complexity index is 860. The first-order valence-electron chi connectivity index (χ1n) is 6.90. The Labute approximate surface area is 136 Å². The summed E-state index contributed by atoms with van der Waals surface area (Å²) in [6, 6.07) is 3.11. The third-order valence-corrected chi connectivity index (χ3v) is 5.63. The normalized spacial score (nSPS) is 14.7. The summed E-state index contributed by atoms with van der Waals surface area (Å²) in [5.74, 6) is -1.43. The Balaban J connectivity index is 1.85. The van der Waals surface area contributed by atoms with E-state index in [1.807, 2.05) is 0 Å². The number of halogens is 1. The maximum absolute atomic E-state index is 13.9. The second kappa shape index (κ2) is 5.99. The van der Waals surface area contributed by atoms with Gasteiger partial charge in [-0.2, -0.15) is 0 Å². The van der Waals surface area contributed by atoms with E-state index in [1.54, 1.807) is 12.3 Å². The molecule has 1 aliphatic carbocycles. The van der Waals surface area contributed by atoms with Crippen molar-refractivity contribution in [2.45, 2.75) is 30.7 Å². The van der Waals surface area contributed by atoms with Crippen molar-refractivity contribution in [2.24, 2.45) is 0 Å². The third-order valence-electron chi connectivity index (χ3n) is 3.22. The van der Waals surface area contributed by atoms with Crippen molar-refractivity contribution in [1.29, 1.82) is 0 Å². The molecule has 1 saturated carbocycles. The van der Waals surface area contributed by atoms with Crippen LogP contribution in [0.5, 0.6) is 0 Å². The van der Waals surface area contributed by atoms with Crippen molar-refractivity contribution in [3.8, 4) is 0 Å². The Morgan fingerprint density at radius 3 is 2.74 bits per heavy atom. The quantitative estimate of drug-likeness (QED) is 0.861. The van der Waals surface area contributed by atoms with E-state index in [-0.39, 0.29) is 11.6 Å². The van der Waals surface area contributed by atoms with Crippen molar-refractivity contribution in [3.05, 3.63) is 40.7 Å². The largest absolute Gasteiger partial charge is 0.298 e. The molecule has 0 spiro atoms. The Hall–Kier alpha value is -1.84. The van der Waals surface area contributed by atoms with Crippen LogP contribution in [0.25, 0.3) is 0 Å². The van der Waals surface area contributed by atoms with Gasteiger partial charge < -0.3 is 0 Å². The van der Waals surface area contributed by atoms with Crippen LogP contribution in [0.1, 0.15) is 28.9 Å². The highest BCUT2D eigenvalue weighted by molar-refractivity contribution is 7.89.